The third-order valence-corrected chi connectivity index (χ3v) is 3.38. The molecule has 3 aromatic rings. The van der Waals surface area contributed by atoms with Crippen molar-refractivity contribution in [3.8, 4) is 11.6 Å². The predicted molar refractivity (Wildman–Crippen MR) is 86.8 cm³/mol. The SMILES string of the molecule is Nc1nc(-c2ccco2)ncc1C(=O)NCc1cccc(Cl)c1. The van der Waals surface area contributed by atoms with Crippen molar-refractivity contribution < 1.29 is 9.21 Å². The second-order valence-corrected chi connectivity index (χ2v) is 5.22. The van der Waals surface area contributed by atoms with Crippen molar-refractivity contribution in [2.45, 2.75) is 6.54 Å². The highest BCUT2D eigenvalue weighted by Crippen LogP contribution is 2.18. The van der Waals surface area contributed by atoms with Gasteiger partial charge in [-0.15, -0.1) is 0 Å². The van der Waals surface area contributed by atoms with E-state index in [1.54, 1.807) is 24.3 Å². The van der Waals surface area contributed by atoms with E-state index in [0.717, 1.165) is 5.56 Å². The van der Waals surface area contributed by atoms with Crippen LogP contribution in [0, 0.1) is 0 Å². The minimum Gasteiger partial charge on any atom is -0.461 e. The van der Waals surface area contributed by atoms with Crippen LogP contribution in [0.15, 0.2) is 53.3 Å². The summed E-state index contributed by atoms with van der Waals surface area (Å²) in [6, 6.07) is 10.7. The van der Waals surface area contributed by atoms with E-state index in [1.807, 2.05) is 12.1 Å². The number of rotatable bonds is 4. The number of benzene rings is 1. The summed E-state index contributed by atoms with van der Waals surface area (Å²) in [5.41, 5.74) is 6.94. The molecule has 0 radical (unpaired) electrons. The first-order valence-electron chi connectivity index (χ1n) is 6.82. The topological polar surface area (TPSA) is 94.0 Å². The molecule has 0 atom stereocenters. The third-order valence-electron chi connectivity index (χ3n) is 3.15. The number of nitrogens with zero attached hydrogens (tertiary/aromatic N) is 2. The van der Waals surface area contributed by atoms with Crippen molar-refractivity contribution in [1.29, 1.82) is 0 Å². The van der Waals surface area contributed by atoms with Crippen molar-refractivity contribution in [3.63, 3.8) is 0 Å². The van der Waals surface area contributed by atoms with Crippen LogP contribution < -0.4 is 11.1 Å². The normalized spacial score (nSPS) is 10.5. The molecule has 0 aliphatic heterocycles. The molecule has 116 valence electrons. The molecule has 0 saturated carbocycles. The maximum Gasteiger partial charge on any atom is 0.256 e. The number of nitrogens with one attached hydrogen (secondary N) is 1. The first kappa shape index (κ1) is 15.1. The molecular weight excluding hydrogens is 316 g/mol. The molecule has 0 spiro atoms. The van der Waals surface area contributed by atoms with E-state index in [9.17, 15) is 4.79 Å². The van der Waals surface area contributed by atoms with Gasteiger partial charge in [0.25, 0.3) is 5.91 Å². The maximum absolute atomic E-state index is 12.2. The molecule has 7 heteroatoms. The van der Waals surface area contributed by atoms with E-state index in [2.05, 4.69) is 15.3 Å². The molecule has 1 aromatic carbocycles. The molecule has 3 rings (SSSR count). The number of amides is 1. The molecule has 0 saturated heterocycles. The lowest BCUT2D eigenvalue weighted by molar-refractivity contribution is 0.0951. The van der Waals surface area contributed by atoms with Gasteiger partial charge in [0.05, 0.1) is 11.8 Å². The Hall–Kier alpha value is -2.86. The number of halogens is 1. The zero-order chi connectivity index (χ0) is 16.2. The van der Waals surface area contributed by atoms with E-state index >= 15 is 0 Å². The van der Waals surface area contributed by atoms with Gasteiger partial charge in [0.1, 0.15) is 5.82 Å². The van der Waals surface area contributed by atoms with E-state index in [4.69, 9.17) is 21.8 Å². The summed E-state index contributed by atoms with van der Waals surface area (Å²) < 4.78 is 5.20. The average Bonchev–Trinajstić information content (AvgIpc) is 3.07. The maximum atomic E-state index is 12.2. The van der Waals surface area contributed by atoms with Gasteiger partial charge in [-0.2, -0.15) is 0 Å². The fourth-order valence-electron chi connectivity index (χ4n) is 2.02. The van der Waals surface area contributed by atoms with E-state index in [1.165, 1.54) is 12.5 Å². The lowest BCUT2D eigenvalue weighted by atomic mass is 10.2. The molecule has 0 bridgehead atoms. The standard InChI is InChI=1S/C16H13ClN4O2/c17-11-4-1-3-10(7-11)8-20-16(22)12-9-19-15(21-14(12)18)13-5-2-6-23-13/h1-7,9H,8H2,(H,20,22)(H2,18,19,21). The highest BCUT2D eigenvalue weighted by atomic mass is 35.5. The van der Waals surface area contributed by atoms with E-state index < -0.39 is 0 Å². The number of nitrogen functional groups attached to an aromatic ring is 1. The van der Waals surface area contributed by atoms with Gasteiger partial charge in [0.2, 0.25) is 0 Å². The third kappa shape index (κ3) is 3.49. The number of hydrogen-bond donors (Lipinski definition) is 2. The molecule has 0 fully saturated rings. The zero-order valence-corrected chi connectivity index (χ0v) is 12.7. The molecule has 0 aliphatic carbocycles. The molecule has 3 N–H and O–H groups in total. The van der Waals surface area contributed by atoms with Crippen LogP contribution in [0.5, 0.6) is 0 Å². The monoisotopic (exact) mass is 328 g/mol. The Labute approximate surface area is 137 Å². The first-order chi connectivity index (χ1) is 11.1. The van der Waals surface area contributed by atoms with Gasteiger partial charge in [0.15, 0.2) is 11.6 Å². The van der Waals surface area contributed by atoms with Crippen LogP contribution in [-0.2, 0) is 6.54 Å². The summed E-state index contributed by atoms with van der Waals surface area (Å²) in [6.45, 7) is 0.332. The number of anilines is 1. The number of carbonyl (C=O) groups is 1. The fourth-order valence-corrected chi connectivity index (χ4v) is 2.23. The molecular formula is C16H13ClN4O2. The largest absolute Gasteiger partial charge is 0.461 e. The van der Waals surface area contributed by atoms with Crippen LogP contribution >= 0.6 is 11.6 Å². The van der Waals surface area contributed by atoms with Gasteiger partial charge in [0, 0.05) is 17.8 Å². The minimum atomic E-state index is -0.353. The quantitative estimate of drug-likeness (QED) is 0.768. The fraction of sp³-hybridized carbons (Fsp3) is 0.0625. The van der Waals surface area contributed by atoms with Crippen molar-refractivity contribution in [3.05, 3.63) is 65.0 Å². The molecule has 1 amide bonds. The Morgan fingerprint density at radius 2 is 2.17 bits per heavy atom. The van der Waals surface area contributed by atoms with Crippen LogP contribution in [0.1, 0.15) is 15.9 Å². The second-order valence-electron chi connectivity index (χ2n) is 4.78. The van der Waals surface area contributed by atoms with E-state index in [0.29, 0.717) is 23.2 Å². The summed E-state index contributed by atoms with van der Waals surface area (Å²) in [5, 5.41) is 3.37. The molecule has 6 nitrogen and oxygen atoms in total. The van der Waals surface area contributed by atoms with Crippen molar-refractivity contribution in [1.82, 2.24) is 15.3 Å². The Bertz CT molecular complexity index is 834. The molecule has 0 aliphatic rings. The summed E-state index contributed by atoms with van der Waals surface area (Å²) in [7, 11) is 0. The lowest BCUT2D eigenvalue weighted by Crippen LogP contribution is -2.24. The average molecular weight is 329 g/mol. The van der Waals surface area contributed by atoms with Crippen LogP contribution in [0.4, 0.5) is 5.82 Å². The number of hydrogen-bond acceptors (Lipinski definition) is 5. The predicted octanol–water partition coefficient (Wildman–Crippen LogP) is 2.90. The Morgan fingerprint density at radius 1 is 1.30 bits per heavy atom. The number of furan rings is 1. The van der Waals surface area contributed by atoms with Crippen LogP contribution in [-0.4, -0.2) is 15.9 Å². The van der Waals surface area contributed by atoms with E-state index in [-0.39, 0.29) is 17.3 Å². The Morgan fingerprint density at radius 3 is 2.87 bits per heavy atom. The van der Waals surface area contributed by atoms with Crippen LogP contribution in [0.25, 0.3) is 11.6 Å². The van der Waals surface area contributed by atoms with Crippen molar-refractivity contribution in [2.24, 2.45) is 0 Å². The smallest absolute Gasteiger partial charge is 0.256 e. The van der Waals surface area contributed by atoms with Gasteiger partial charge >= 0.3 is 0 Å². The second kappa shape index (κ2) is 6.50. The minimum absolute atomic E-state index is 0.0926. The number of aromatic nitrogens is 2. The molecule has 2 aromatic heterocycles. The van der Waals surface area contributed by atoms with Gasteiger partial charge in [-0.1, -0.05) is 23.7 Å². The highest BCUT2D eigenvalue weighted by Gasteiger charge is 2.14. The number of nitrogens with two attached hydrogens (primary N) is 1. The highest BCUT2D eigenvalue weighted by molar-refractivity contribution is 6.30. The van der Waals surface area contributed by atoms with Crippen molar-refractivity contribution >= 4 is 23.3 Å². The van der Waals surface area contributed by atoms with Gasteiger partial charge < -0.3 is 15.5 Å². The van der Waals surface area contributed by atoms with Gasteiger partial charge in [-0.25, -0.2) is 9.97 Å². The lowest BCUT2D eigenvalue weighted by Gasteiger charge is -2.08. The molecule has 2 heterocycles. The van der Waals surface area contributed by atoms with Crippen LogP contribution in [0.3, 0.4) is 0 Å². The summed E-state index contributed by atoms with van der Waals surface area (Å²) in [5.74, 6) is 0.560. The zero-order valence-electron chi connectivity index (χ0n) is 12.0. The molecule has 23 heavy (non-hydrogen) atoms. The first-order valence-corrected chi connectivity index (χ1v) is 7.20. The van der Waals surface area contributed by atoms with Crippen molar-refractivity contribution in [2.75, 3.05) is 5.73 Å². The van der Waals surface area contributed by atoms with Crippen LogP contribution in [0.2, 0.25) is 5.02 Å². The van der Waals surface area contributed by atoms with Gasteiger partial charge in [-0.3, -0.25) is 4.79 Å². The summed E-state index contributed by atoms with van der Waals surface area (Å²) in [6.07, 6.45) is 2.90. The Balaban J connectivity index is 1.72. The summed E-state index contributed by atoms with van der Waals surface area (Å²) >= 11 is 5.91. The summed E-state index contributed by atoms with van der Waals surface area (Å²) in [4.78, 5) is 20.4. The Kier molecular flexibility index (Phi) is 4.25. The van der Waals surface area contributed by atoms with Gasteiger partial charge in [-0.05, 0) is 29.8 Å². The number of carbonyl (C=O) groups excluding carboxylic acids is 1. The molecule has 0 unspecified atom stereocenters.